The number of unbranched alkanes of at least 4 members (excludes halogenated alkanes) is 23. The fraction of sp³-hybridized carbons (Fsp3) is 0.907. The number of carbonyl (C=O) groups is 2. The molecule has 4 N–H and O–H groups in total. The molecule has 0 radical (unpaired) electrons. The normalized spacial score (nSPS) is 20.7. The van der Waals surface area contributed by atoms with Gasteiger partial charge in [0, 0.05) is 12.8 Å². The number of hydrogen-bond acceptors (Lipinski definition) is 11. The zero-order valence-electron chi connectivity index (χ0n) is 35.0. The third-order valence-corrected chi connectivity index (χ3v) is 11.1. The van der Waals surface area contributed by atoms with Crippen molar-refractivity contribution in [3.8, 4) is 0 Å². The summed E-state index contributed by atoms with van der Waals surface area (Å²) in [5, 5.41) is 30.8. The Labute approximate surface area is 339 Å². The molecule has 0 unspecified atom stereocenters. The maximum atomic E-state index is 12.8. The molecule has 0 bridgehead atoms. The van der Waals surface area contributed by atoms with Crippen LogP contribution in [-0.4, -0.2) is 96.0 Å². The summed E-state index contributed by atoms with van der Waals surface area (Å²) in [6, 6.07) is 0. The Balaban J connectivity index is 2.46. The molecule has 330 valence electrons. The van der Waals surface area contributed by atoms with Gasteiger partial charge in [0.25, 0.3) is 10.1 Å². The van der Waals surface area contributed by atoms with Crippen LogP contribution in [0.2, 0.25) is 0 Å². The second kappa shape index (κ2) is 34.3. The lowest BCUT2D eigenvalue weighted by Crippen LogP contribution is -2.60. The van der Waals surface area contributed by atoms with Gasteiger partial charge in [-0.2, -0.15) is 8.42 Å². The van der Waals surface area contributed by atoms with Gasteiger partial charge in [-0.1, -0.05) is 154 Å². The van der Waals surface area contributed by atoms with E-state index in [2.05, 4.69) is 26.0 Å². The lowest BCUT2D eigenvalue weighted by molar-refractivity contribution is -0.297. The van der Waals surface area contributed by atoms with Gasteiger partial charge in [0.05, 0.1) is 6.61 Å². The van der Waals surface area contributed by atoms with E-state index in [1.54, 1.807) is 0 Å². The van der Waals surface area contributed by atoms with E-state index in [-0.39, 0.29) is 19.4 Å². The fourth-order valence-electron chi connectivity index (χ4n) is 6.85. The van der Waals surface area contributed by atoms with Crippen LogP contribution in [-0.2, 0) is 38.7 Å². The summed E-state index contributed by atoms with van der Waals surface area (Å²) in [5.41, 5.74) is 0. The predicted molar refractivity (Wildman–Crippen MR) is 220 cm³/mol. The Bertz CT molecular complexity index is 1100. The van der Waals surface area contributed by atoms with E-state index in [0.717, 1.165) is 57.8 Å². The van der Waals surface area contributed by atoms with E-state index in [0.29, 0.717) is 12.8 Å². The van der Waals surface area contributed by atoms with Crippen molar-refractivity contribution in [3.63, 3.8) is 0 Å². The first-order valence-electron chi connectivity index (χ1n) is 22.2. The molecule has 0 spiro atoms. The van der Waals surface area contributed by atoms with Crippen LogP contribution in [0.5, 0.6) is 0 Å². The van der Waals surface area contributed by atoms with E-state index >= 15 is 0 Å². The smallest absolute Gasteiger partial charge is 0.306 e. The summed E-state index contributed by atoms with van der Waals surface area (Å²) in [6.07, 6.45) is 25.4. The molecule has 1 aliphatic rings. The summed E-state index contributed by atoms with van der Waals surface area (Å²) in [4.78, 5) is 25.3. The molecule has 56 heavy (non-hydrogen) atoms. The SMILES string of the molecule is CCCCCCCC/C=C\CCCCCCCC(=O)OC[C@@H](CO[C@H]1O[C@H](CS(=O)(=O)O)[C@@H](O)[C@H](O)[C@H]1O)OC(=O)CCCCCCCCCCCCCCC. The molecular formula is C43H80O12S. The largest absolute Gasteiger partial charge is 0.462 e. The number of aliphatic hydroxyl groups is 3. The van der Waals surface area contributed by atoms with Gasteiger partial charge in [-0.25, -0.2) is 0 Å². The monoisotopic (exact) mass is 821 g/mol. The maximum absolute atomic E-state index is 12.8. The molecule has 0 aromatic rings. The molecule has 1 aliphatic heterocycles. The van der Waals surface area contributed by atoms with Gasteiger partial charge in [0.2, 0.25) is 0 Å². The predicted octanol–water partition coefficient (Wildman–Crippen LogP) is 8.67. The molecule has 0 aliphatic carbocycles. The van der Waals surface area contributed by atoms with Gasteiger partial charge < -0.3 is 34.3 Å². The maximum Gasteiger partial charge on any atom is 0.306 e. The zero-order valence-corrected chi connectivity index (χ0v) is 35.8. The number of esters is 2. The minimum absolute atomic E-state index is 0.168. The molecule has 13 heteroatoms. The molecule has 1 fully saturated rings. The number of aliphatic hydroxyl groups excluding tert-OH is 3. The lowest BCUT2D eigenvalue weighted by atomic mass is 10.00. The van der Waals surface area contributed by atoms with Crippen LogP contribution < -0.4 is 0 Å². The Morgan fingerprint density at radius 2 is 1.02 bits per heavy atom. The van der Waals surface area contributed by atoms with Crippen molar-refractivity contribution < 1.29 is 56.8 Å². The number of hydrogen-bond donors (Lipinski definition) is 4. The first kappa shape index (κ1) is 52.4. The minimum atomic E-state index is -4.60. The first-order valence-corrected chi connectivity index (χ1v) is 23.9. The third kappa shape index (κ3) is 28.7. The fourth-order valence-corrected chi connectivity index (χ4v) is 7.54. The Morgan fingerprint density at radius 3 is 1.48 bits per heavy atom. The van der Waals surface area contributed by atoms with Crippen molar-refractivity contribution in [1.82, 2.24) is 0 Å². The van der Waals surface area contributed by atoms with Crippen molar-refractivity contribution in [3.05, 3.63) is 12.2 Å². The van der Waals surface area contributed by atoms with Gasteiger partial charge in [0.15, 0.2) is 12.4 Å². The van der Waals surface area contributed by atoms with Crippen LogP contribution >= 0.6 is 0 Å². The summed E-state index contributed by atoms with van der Waals surface area (Å²) >= 11 is 0. The molecule has 1 rings (SSSR count). The summed E-state index contributed by atoms with van der Waals surface area (Å²) in [5.74, 6) is -1.98. The van der Waals surface area contributed by atoms with E-state index in [9.17, 15) is 37.9 Å². The van der Waals surface area contributed by atoms with Crippen molar-refractivity contribution in [1.29, 1.82) is 0 Å². The van der Waals surface area contributed by atoms with Crippen LogP contribution in [0.3, 0.4) is 0 Å². The second-order valence-corrected chi connectivity index (χ2v) is 17.2. The van der Waals surface area contributed by atoms with Gasteiger partial charge in [-0.05, 0) is 38.5 Å². The minimum Gasteiger partial charge on any atom is -0.462 e. The number of ether oxygens (including phenoxy) is 4. The van der Waals surface area contributed by atoms with Gasteiger partial charge in [-0.15, -0.1) is 0 Å². The topological polar surface area (TPSA) is 186 Å². The van der Waals surface area contributed by atoms with Gasteiger partial charge in [-0.3, -0.25) is 14.1 Å². The van der Waals surface area contributed by atoms with Crippen molar-refractivity contribution in [2.45, 2.75) is 230 Å². The highest BCUT2D eigenvalue weighted by atomic mass is 32.2. The highest BCUT2D eigenvalue weighted by molar-refractivity contribution is 7.85. The molecular weight excluding hydrogens is 741 g/mol. The Hall–Kier alpha value is -1.61. The number of carbonyl (C=O) groups excluding carboxylic acids is 2. The molecule has 0 saturated carbocycles. The van der Waals surface area contributed by atoms with Crippen LogP contribution in [0.25, 0.3) is 0 Å². The van der Waals surface area contributed by atoms with Gasteiger partial charge >= 0.3 is 11.9 Å². The standard InChI is InChI=1S/C43H80O12S/c1-3-5-7-9-11-13-15-17-18-20-21-23-25-27-29-31-38(44)52-33-36(34-53-43-42(48)41(47)40(46)37(55-43)35-56(49,50)51)54-39(45)32-30-28-26-24-22-19-16-14-12-10-8-6-4-2/h17-18,36-37,40-43,46-48H,3-16,19-35H2,1-2H3,(H,49,50,51)/b18-17-/t36-,37+,40+,41-,42+,43-/m0/s1. The average Bonchev–Trinajstić information content (AvgIpc) is 3.16. The molecule has 12 nitrogen and oxygen atoms in total. The van der Waals surface area contributed by atoms with E-state index in [1.165, 1.54) is 96.3 Å². The highest BCUT2D eigenvalue weighted by Crippen LogP contribution is 2.24. The molecule has 0 aromatic heterocycles. The summed E-state index contributed by atoms with van der Waals surface area (Å²) in [6.45, 7) is 3.75. The Kier molecular flexibility index (Phi) is 32.1. The highest BCUT2D eigenvalue weighted by Gasteiger charge is 2.46. The molecule has 0 aromatic carbocycles. The number of allylic oxidation sites excluding steroid dienone is 2. The van der Waals surface area contributed by atoms with Crippen molar-refractivity contribution in [2.75, 3.05) is 19.0 Å². The van der Waals surface area contributed by atoms with Crippen molar-refractivity contribution >= 4 is 22.1 Å². The third-order valence-electron chi connectivity index (χ3n) is 10.3. The quantitative estimate of drug-likeness (QED) is 0.0203. The van der Waals surface area contributed by atoms with E-state index < -0.39 is 71.2 Å². The molecule has 0 amide bonds. The van der Waals surface area contributed by atoms with Crippen molar-refractivity contribution in [2.24, 2.45) is 0 Å². The average molecular weight is 821 g/mol. The molecule has 6 atom stereocenters. The number of rotatable bonds is 37. The molecule has 1 heterocycles. The Morgan fingerprint density at radius 1 is 0.589 bits per heavy atom. The first-order chi connectivity index (χ1) is 27.0. The summed E-state index contributed by atoms with van der Waals surface area (Å²) in [7, 11) is -4.60. The second-order valence-electron chi connectivity index (χ2n) is 15.7. The van der Waals surface area contributed by atoms with Crippen LogP contribution in [0.15, 0.2) is 12.2 Å². The van der Waals surface area contributed by atoms with E-state index in [1.807, 2.05) is 0 Å². The van der Waals surface area contributed by atoms with Crippen LogP contribution in [0.1, 0.15) is 194 Å². The summed E-state index contributed by atoms with van der Waals surface area (Å²) < 4.78 is 54.0. The molecule has 1 saturated heterocycles. The lowest BCUT2D eigenvalue weighted by Gasteiger charge is -2.40. The van der Waals surface area contributed by atoms with Gasteiger partial charge in [0.1, 0.15) is 36.8 Å². The zero-order chi connectivity index (χ0) is 41.3. The van der Waals surface area contributed by atoms with Crippen LogP contribution in [0.4, 0.5) is 0 Å². The van der Waals surface area contributed by atoms with E-state index in [4.69, 9.17) is 18.9 Å². The van der Waals surface area contributed by atoms with Crippen LogP contribution in [0, 0.1) is 0 Å².